The minimum Gasteiger partial charge on any atom is -0.456 e. The SMILES string of the molecule is [2H]c1c([2H])c([2H])c2c(-c3ccc4sc5ccccc5c4c3)c3c([2H])c([2H])c([2H])c([2H])c3c(-c3ccc4c(c3)sc3ccc5ccccc5c34)c2c1[2H].[2H]c1c([2H])c([2H])c2c(-c3cccc4c3sc3ccccc34)c3c([2H])c([2H])c([2H])c([2H])c3c(-c3ccc4c(c3)oc3cc5ccccc5cc34)c2c1[2H]. The molecule has 1 nitrogen and oxygen atoms in total. The van der Waals surface area contributed by atoms with Crippen molar-refractivity contribution in [3.8, 4) is 44.5 Å². The van der Waals surface area contributed by atoms with Crippen LogP contribution in [0.15, 0.2) is 295 Å². The summed E-state index contributed by atoms with van der Waals surface area (Å²) in [6.07, 6.45) is 0. The maximum absolute atomic E-state index is 9.36. The predicted molar refractivity (Wildman–Crippen MR) is 386 cm³/mol. The summed E-state index contributed by atoms with van der Waals surface area (Å²) in [6, 6.07) is 58.2. The third-order valence-electron chi connectivity index (χ3n) is 17.4. The van der Waals surface area contributed by atoms with Crippen molar-refractivity contribution < 1.29 is 26.3 Å². The molecule has 4 heterocycles. The summed E-state index contributed by atoms with van der Waals surface area (Å²) in [5.41, 5.74) is 4.96. The van der Waals surface area contributed by atoms with E-state index in [1.165, 1.54) is 0 Å². The molecule has 4 aromatic heterocycles. The van der Waals surface area contributed by atoms with Gasteiger partial charge in [0.15, 0.2) is 0 Å². The summed E-state index contributed by atoms with van der Waals surface area (Å²) in [6.45, 7) is 0. The molecular formula is C84H48OS3. The molecule has 20 aromatic rings. The molecule has 0 spiro atoms. The van der Waals surface area contributed by atoms with E-state index in [1.54, 1.807) is 34.0 Å². The molecule has 4 heteroatoms. The van der Waals surface area contributed by atoms with Crippen LogP contribution in [0.1, 0.15) is 21.9 Å². The lowest BCUT2D eigenvalue weighted by atomic mass is 9.85. The second kappa shape index (κ2) is 19.5. The second-order valence-corrected chi connectivity index (χ2v) is 25.3. The molecular weight excluding hydrogens is 1120 g/mol. The summed E-state index contributed by atoms with van der Waals surface area (Å²) in [7, 11) is 0. The number of thiophene rings is 3. The van der Waals surface area contributed by atoms with Gasteiger partial charge in [-0.1, -0.05) is 230 Å². The molecule has 88 heavy (non-hydrogen) atoms. The van der Waals surface area contributed by atoms with Crippen LogP contribution in [0.2, 0.25) is 0 Å². The molecule has 0 unspecified atom stereocenters. The van der Waals surface area contributed by atoms with E-state index in [4.69, 9.17) is 15.4 Å². The molecule has 0 N–H and O–H groups in total. The Morgan fingerprint density at radius 3 is 1.35 bits per heavy atom. The first-order chi connectivity index (χ1) is 50.3. The van der Waals surface area contributed by atoms with Gasteiger partial charge in [-0.2, -0.15) is 0 Å². The van der Waals surface area contributed by atoms with Crippen LogP contribution in [0.5, 0.6) is 0 Å². The molecule has 408 valence electrons. The van der Waals surface area contributed by atoms with Crippen LogP contribution in [0.25, 0.3) is 192 Å². The minimum atomic E-state index is -0.429. The van der Waals surface area contributed by atoms with E-state index in [9.17, 15) is 11.0 Å². The Labute approximate surface area is 539 Å². The first-order valence-electron chi connectivity index (χ1n) is 36.7. The van der Waals surface area contributed by atoms with Crippen molar-refractivity contribution in [2.24, 2.45) is 0 Å². The first-order valence-corrected chi connectivity index (χ1v) is 31.2. The zero-order valence-corrected chi connectivity index (χ0v) is 48.6. The van der Waals surface area contributed by atoms with E-state index in [0.717, 1.165) is 92.8 Å². The predicted octanol–water partition coefficient (Wildman–Crippen LogP) is 26.0. The van der Waals surface area contributed by atoms with Gasteiger partial charge in [0.1, 0.15) is 11.2 Å². The maximum atomic E-state index is 9.36. The summed E-state index contributed by atoms with van der Waals surface area (Å²) < 4.78 is 158. The number of benzene rings is 16. The van der Waals surface area contributed by atoms with E-state index in [0.29, 0.717) is 55.7 Å². The van der Waals surface area contributed by atoms with Crippen LogP contribution in [-0.2, 0) is 0 Å². The number of hydrogen-bond donors (Lipinski definition) is 0. The second-order valence-electron chi connectivity index (χ2n) is 22.1. The molecule has 0 aliphatic rings. The highest BCUT2D eigenvalue weighted by atomic mass is 32.1. The van der Waals surface area contributed by atoms with Gasteiger partial charge in [-0.15, -0.1) is 34.0 Å². The lowest BCUT2D eigenvalue weighted by Crippen LogP contribution is -1.91. The van der Waals surface area contributed by atoms with Gasteiger partial charge in [0, 0.05) is 76.9 Å². The molecule has 0 fully saturated rings. The zero-order valence-electron chi connectivity index (χ0n) is 62.1. The van der Waals surface area contributed by atoms with Crippen molar-refractivity contribution >= 4 is 181 Å². The molecule has 0 amide bonds. The normalized spacial score (nSPS) is 14.6. The number of rotatable bonds is 4. The molecule has 0 radical (unpaired) electrons. The quantitative estimate of drug-likeness (QED) is 0.160. The van der Waals surface area contributed by atoms with Crippen LogP contribution in [0.3, 0.4) is 0 Å². The topological polar surface area (TPSA) is 13.1 Å². The largest absolute Gasteiger partial charge is 0.456 e. The summed E-state index contributed by atoms with van der Waals surface area (Å²) >= 11 is 4.82. The lowest BCUT2D eigenvalue weighted by molar-refractivity contribution is 0.669. The van der Waals surface area contributed by atoms with Crippen LogP contribution in [0, 0.1) is 0 Å². The molecule has 0 saturated heterocycles. The molecule has 0 aliphatic carbocycles. The van der Waals surface area contributed by atoms with Gasteiger partial charge < -0.3 is 4.42 Å². The summed E-state index contributed by atoms with van der Waals surface area (Å²) in [4.78, 5) is 0. The van der Waals surface area contributed by atoms with Gasteiger partial charge in [0.25, 0.3) is 0 Å². The van der Waals surface area contributed by atoms with Gasteiger partial charge >= 0.3 is 0 Å². The van der Waals surface area contributed by atoms with Gasteiger partial charge in [-0.25, -0.2) is 0 Å². The van der Waals surface area contributed by atoms with E-state index in [1.807, 2.05) is 158 Å². The van der Waals surface area contributed by atoms with E-state index in [2.05, 4.69) is 36.4 Å². The Kier molecular flexibility index (Phi) is 8.10. The zero-order chi connectivity index (χ0) is 71.5. The van der Waals surface area contributed by atoms with Crippen molar-refractivity contribution in [3.63, 3.8) is 0 Å². The van der Waals surface area contributed by atoms with Crippen LogP contribution < -0.4 is 0 Å². The van der Waals surface area contributed by atoms with Gasteiger partial charge in [0.05, 0.1) is 21.9 Å². The molecule has 0 saturated carbocycles. The third-order valence-corrected chi connectivity index (χ3v) is 20.9. The van der Waals surface area contributed by atoms with Crippen LogP contribution >= 0.6 is 34.0 Å². The average Bonchev–Trinajstić information content (AvgIpc) is 0.858. The number of fused-ring (bicyclic) bond motifs is 19. The lowest BCUT2D eigenvalue weighted by Gasteiger charge is -2.18. The Hall–Kier alpha value is -10.5. The first kappa shape index (κ1) is 36.5. The molecule has 0 atom stereocenters. The third kappa shape index (κ3) is 7.57. The Morgan fingerprint density at radius 2 is 0.705 bits per heavy atom. The maximum Gasteiger partial charge on any atom is 0.136 e. The Morgan fingerprint density at radius 1 is 0.250 bits per heavy atom. The van der Waals surface area contributed by atoms with Gasteiger partial charge in [-0.3, -0.25) is 0 Å². The summed E-state index contributed by atoms with van der Waals surface area (Å²) in [5, 5.41) is 14.0. The standard InChI is InChI=1S/C42H24OS.C42H24S2/c1-2-11-26-23-38-36(22-25(26)10-1)28-21-20-27(24-37(28)43-38)40-30-13-3-5-15-32(30)41(33-16-6-4-14-31(33)40)35-18-9-17-34-29-12-7-8-19-39(29)44-42(34)35;1-2-10-28-25(9-1)18-22-38-42(28)34-20-17-27(24-39(34)44-38)41-32-14-5-3-12-30(32)40(31-13-4-6-15-33(31)41)26-19-21-37-35(23-26)29-11-7-8-16-36(29)43-37/h2*1-24H/i3D,4D,5D,6D,13D,14D,15D,16D;3D,4D,5D,6D,12D,13D,14D,15D. The highest BCUT2D eigenvalue weighted by Crippen LogP contribution is 2.51. The Bertz CT molecular complexity index is 7170. The number of hydrogen-bond acceptors (Lipinski definition) is 4. The van der Waals surface area contributed by atoms with E-state index < -0.39 is 48.3 Å². The molecule has 0 aliphatic heterocycles. The van der Waals surface area contributed by atoms with Crippen molar-refractivity contribution in [1.29, 1.82) is 0 Å². The summed E-state index contributed by atoms with van der Waals surface area (Å²) in [5.74, 6) is 0. The fourth-order valence-corrected chi connectivity index (χ4v) is 17.0. The fourth-order valence-electron chi connectivity index (χ4n) is 13.5. The fraction of sp³-hybridized carbons (Fsp3) is 0. The van der Waals surface area contributed by atoms with E-state index in [-0.39, 0.29) is 91.4 Å². The molecule has 0 bridgehead atoms. The van der Waals surface area contributed by atoms with Gasteiger partial charge in [-0.05, 0) is 164 Å². The van der Waals surface area contributed by atoms with Crippen LogP contribution in [0.4, 0.5) is 0 Å². The molecule has 16 aromatic carbocycles. The number of furan rings is 1. The van der Waals surface area contributed by atoms with E-state index >= 15 is 0 Å². The minimum absolute atomic E-state index is 0.179. The van der Waals surface area contributed by atoms with Crippen LogP contribution in [-0.4, -0.2) is 0 Å². The van der Waals surface area contributed by atoms with Crippen molar-refractivity contribution in [2.75, 3.05) is 0 Å². The smallest absolute Gasteiger partial charge is 0.136 e. The van der Waals surface area contributed by atoms with Gasteiger partial charge in [0.2, 0.25) is 0 Å². The average molecular weight is 1190 g/mol. The van der Waals surface area contributed by atoms with Crippen molar-refractivity contribution in [3.05, 3.63) is 291 Å². The monoisotopic (exact) mass is 1180 g/mol. The highest BCUT2D eigenvalue weighted by Gasteiger charge is 2.22. The van der Waals surface area contributed by atoms with Crippen molar-refractivity contribution in [1.82, 2.24) is 0 Å². The highest BCUT2D eigenvalue weighted by molar-refractivity contribution is 7.27. The molecule has 20 rings (SSSR count). The van der Waals surface area contributed by atoms with Crippen molar-refractivity contribution in [2.45, 2.75) is 0 Å². The Balaban J connectivity index is 0.000000143.